The molecule has 0 aliphatic carbocycles. The van der Waals surface area contributed by atoms with Gasteiger partial charge in [-0.3, -0.25) is 10.1 Å². The Balaban J connectivity index is 1.84. The van der Waals surface area contributed by atoms with Gasteiger partial charge in [-0.2, -0.15) is 0 Å². The lowest BCUT2D eigenvalue weighted by atomic mass is 10.00. The SMILES string of the molecule is CC(C)(C)OC(=O)c1ccc([N+](=O)[O-])c(NC2CO[C@H]3OCC[C@@H]23)c1. The Morgan fingerprint density at radius 3 is 2.80 bits per heavy atom. The zero-order valence-corrected chi connectivity index (χ0v) is 14.5. The molecule has 8 nitrogen and oxygen atoms in total. The van der Waals surface area contributed by atoms with Crippen LogP contribution < -0.4 is 5.32 Å². The average Bonchev–Trinajstić information content (AvgIpc) is 3.10. The maximum absolute atomic E-state index is 12.2. The highest BCUT2D eigenvalue weighted by Gasteiger charge is 2.42. The van der Waals surface area contributed by atoms with E-state index in [0.717, 1.165) is 6.42 Å². The van der Waals surface area contributed by atoms with Crippen LogP contribution in [0.2, 0.25) is 0 Å². The number of hydrogen-bond donors (Lipinski definition) is 1. The molecule has 136 valence electrons. The Kier molecular flexibility index (Phi) is 4.66. The van der Waals surface area contributed by atoms with Crippen LogP contribution in [-0.4, -0.2) is 42.0 Å². The van der Waals surface area contributed by atoms with E-state index in [1.54, 1.807) is 20.8 Å². The summed E-state index contributed by atoms with van der Waals surface area (Å²) in [5.41, 5.74) is -0.175. The second kappa shape index (κ2) is 6.61. The van der Waals surface area contributed by atoms with Gasteiger partial charge in [0, 0.05) is 12.0 Å². The van der Waals surface area contributed by atoms with Crippen LogP contribution in [0.4, 0.5) is 11.4 Å². The summed E-state index contributed by atoms with van der Waals surface area (Å²) >= 11 is 0. The zero-order chi connectivity index (χ0) is 18.2. The van der Waals surface area contributed by atoms with E-state index in [-0.39, 0.29) is 35.2 Å². The highest BCUT2D eigenvalue weighted by Crippen LogP contribution is 2.35. The number of rotatable bonds is 4. The largest absolute Gasteiger partial charge is 0.456 e. The molecule has 0 radical (unpaired) electrons. The summed E-state index contributed by atoms with van der Waals surface area (Å²) in [7, 11) is 0. The van der Waals surface area contributed by atoms with Gasteiger partial charge < -0.3 is 19.5 Å². The van der Waals surface area contributed by atoms with E-state index >= 15 is 0 Å². The fourth-order valence-corrected chi connectivity index (χ4v) is 3.09. The van der Waals surface area contributed by atoms with Crippen molar-refractivity contribution in [3.8, 4) is 0 Å². The van der Waals surface area contributed by atoms with E-state index in [1.165, 1.54) is 18.2 Å². The lowest BCUT2D eigenvalue weighted by Crippen LogP contribution is -2.29. The van der Waals surface area contributed by atoms with Crippen molar-refractivity contribution < 1.29 is 23.9 Å². The molecule has 0 amide bonds. The van der Waals surface area contributed by atoms with Crippen LogP contribution in [0.3, 0.4) is 0 Å². The van der Waals surface area contributed by atoms with Gasteiger partial charge in [0.05, 0.1) is 29.7 Å². The number of nitrogens with one attached hydrogen (secondary N) is 1. The third kappa shape index (κ3) is 3.91. The molecule has 1 unspecified atom stereocenters. The molecule has 8 heteroatoms. The molecular formula is C17H22N2O6. The number of anilines is 1. The van der Waals surface area contributed by atoms with Gasteiger partial charge in [-0.25, -0.2) is 4.79 Å². The molecule has 25 heavy (non-hydrogen) atoms. The smallest absolute Gasteiger partial charge is 0.338 e. The Hall–Kier alpha value is -2.19. The first-order chi connectivity index (χ1) is 11.7. The van der Waals surface area contributed by atoms with Gasteiger partial charge in [0.25, 0.3) is 5.69 Å². The van der Waals surface area contributed by atoms with Crippen molar-refractivity contribution in [2.24, 2.45) is 5.92 Å². The Morgan fingerprint density at radius 1 is 1.36 bits per heavy atom. The molecule has 1 aromatic rings. The molecule has 0 bridgehead atoms. The zero-order valence-electron chi connectivity index (χ0n) is 14.5. The monoisotopic (exact) mass is 350 g/mol. The van der Waals surface area contributed by atoms with E-state index in [1.807, 2.05) is 0 Å². The summed E-state index contributed by atoms with van der Waals surface area (Å²) in [5, 5.41) is 14.5. The van der Waals surface area contributed by atoms with Gasteiger partial charge >= 0.3 is 5.97 Å². The van der Waals surface area contributed by atoms with Crippen molar-refractivity contribution in [2.75, 3.05) is 18.5 Å². The standard InChI is InChI=1S/C17H22N2O6/c1-17(2,3)25-15(20)10-4-5-14(19(21)22)12(8-10)18-13-9-24-16-11(13)6-7-23-16/h4-5,8,11,13,16,18H,6-7,9H2,1-3H3/t11-,13?,16+/m0/s1. The lowest BCUT2D eigenvalue weighted by Gasteiger charge is -2.21. The molecule has 2 aliphatic heterocycles. The number of fused-ring (bicyclic) bond motifs is 1. The third-order valence-electron chi connectivity index (χ3n) is 4.21. The molecule has 2 fully saturated rings. The van der Waals surface area contributed by atoms with Crippen LogP contribution in [0, 0.1) is 16.0 Å². The summed E-state index contributed by atoms with van der Waals surface area (Å²) < 4.78 is 16.4. The van der Waals surface area contributed by atoms with Crippen molar-refractivity contribution in [3.05, 3.63) is 33.9 Å². The molecule has 3 atom stereocenters. The number of ether oxygens (including phenoxy) is 3. The molecule has 0 aromatic heterocycles. The average molecular weight is 350 g/mol. The Morgan fingerprint density at radius 2 is 2.12 bits per heavy atom. The van der Waals surface area contributed by atoms with E-state index < -0.39 is 16.5 Å². The molecule has 1 aromatic carbocycles. The minimum absolute atomic E-state index is 0.0883. The minimum atomic E-state index is -0.639. The van der Waals surface area contributed by atoms with E-state index in [9.17, 15) is 14.9 Å². The number of esters is 1. The molecular weight excluding hydrogens is 328 g/mol. The summed E-state index contributed by atoms with van der Waals surface area (Å²) in [5.74, 6) is -0.375. The van der Waals surface area contributed by atoms with Gasteiger partial charge in [0.1, 0.15) is 11.3 Å². The van der Waals surface area contributed by atoms with Gasteiger partial charge in [-0.15, -0.1) is 0 Å². The number of benzene rings is 1. The topological polar surface area (TPSA) is 99.9 Å². The van der Waals surface area contributed by atoms with Crippen LogP contribution >= 0.6 is 0 Å². The second-order valence-corrected chi connectivity index (χ2v) is 7.27. The molecule has 2 saturated heterocycles. The minimum Gasteiger partial charge on any atom is -0.456 e. The predicted octanol–water partition coefficient (Wildman–Crippen LogP) is 2.72. The second-order valence-electron chi connectivity index (χ2n) is 7.27. The van der Waals surface area contributed by atoms with Gasteiger partial charge in [0.2, 0.25) is 0 Å². The Labute approximate surface area is 145 Å². The first kappa shape index (κ1) is 17.6. The quantitative estimate of drug-likeness (QED) is 0.506. The number of carbonyl (C=O) groups excluding carboxylic acids is 1. The van der Waals surface area contributed by atoms with Crippen LogP contribution in [0.15, 0.2) is 18.2 Å². The third-order valence-corrected chi connectivity index (χ3v) is 4.21. The summed E-state index contributed by atoms with van der Waals surface area (Å²) in [6, 6.07) is 4.10. The van der Waals surface area contributed by atoms with Gasteiger partial charge in [0.15, 0.2) is 6.29 Å². The highest BCUT2D eigenvalue weighted by molar-refractivity contribution is 5.92. The number of nitro benzene ring substituents is 1. The van der Waals surface area contributed by atoms with E-state index in [2.05, 4.69) is 5.32 Å². The number of hydrogen-bond acceptors (Lipinski definition) is 7. The summed E-state index contributed by atoms with van der Waals surface area (Å²) in [6.07, 6.45) is 0.576. The first-order valence-corrected chi connectivity index (χ1v) is 8.26. The molecule has 0 saturated carbocycles. The van der Waals surface area contributed by atoms with E-state index in [0.29, 0.717) is 13.2 Å². The molecule has 1 N–H and O–H groups in total. The van der Waals surface area contributed by atoms with Crippen molar-refractivity contribution in [3.63, 3.8) is 0 Å². The van der Waals surface area contributed by atoms with Crippen LogP contribution in [0.25, 0.3) is 0 Å². The highest BCUT2D eigenvalue weighted by atomic mass is 16.7. The Bertz CT molecular complexity index is 684. The van der Waals surface area contributed by atoms with Gasteiger partial charge in [-0.1, -0.05) is 0 Å². The number of carbonyl (C=O) groups is 1. The number of nitrogens with zero attached hydrogens (tertiary/aromatic N) is 1. The fraction of sp³-hybridized carbons (Fsp3) is 0.588. The first-order valence-electron chi connectivity index (χ1n) is 8.26. The number of nitro groups is 1. The van der Waals surface area contributed by atoms with Crippen LogP contribution in [0.5, 0.6) is 0 Å². The fourth-order valence-electron chi connectivity index (χ4n) is 3.09. The van der Waals surface area contributed by atoms with Crippen molar-refractivity contribution in [1.29, 1.82) is 0 Å². The molecule has 3 rings (SSSR count). The maximum Gasteiger partial charge on any atom is 0.338 e. The lowest BCUT2D eigenvalue weighted by molar-refractivity contribution is -0.384. The molecule has 0 spiro atoms. The van der Waals surface area contributed by atoms with E-state index in [4.69, 9.17) is 14.2 Å². The van der Waals surface area contributed by atoms with Crippen molar-refractivity contribution in [1.82, 2.24) is 0 Å². The van der Waals surface area contributed by atoms with Crippen molar-refractivity contribution >= 4 is 17.3 Å². The predicted molar refractivity (Wildman–Crippen MR) is 89.5 cm³/mol. The van der Waals surface area contributed by atoms with Crippen molar-refractivity contribution in [2.45, 2.75) is 45.1 Å². The molecule has 2 heterocycles. The summed E-state index contributed by atoms with van der Waals surface area (Å²) in [4.78, 5) is 23.1. The molecule has 2 aliphatic rings. The normalized spacial score (nSPS) is 25.5. The summed E-state index contributed by atoms with van der Waals surface area (Å²) in [6.45, 7) is 6.33. The van der Waals surface area contributed by atoms with Crippen LogP contribution in [-0.2, 0) is 14.2 Å². The maximum atomic E-state index is 12.2. The van der Waals surface area contributed by atoms with Gasteiger partial charge in [-0.05, 0) is 39.3 Å². The van der Waals surface area contributed by atoms with Crippen LogP contribution in [0.1, 0.15) is 37.6 Å².